The van der Waals surface area contributed by atoms with Crippen molar-refractivity contribution in [1.29, 1.82) is 0 Å². The lowest BCUT2D eigenvalue weighted by atomic mass is 9.98. The van der Waals surface area contributed by atoms with Crippen molar-refractivity contribution in [1.82, 2.24) is 4.98 Å². The summed E-state index contributed by atoms with van der Waals surface area (Å²) >= 11 is 1.87. The van der Waals surface area contributed by atoms with Crippen LogP contribution in [0.25, 0.3) is 59.1 Å². The van der Waals surface area contributed by atoms with Crippen LogP contribution in [0.2, 0.25) is 0 Å². The summed E-state index contributed by atoms with van der Waals surface area (Å²) in [7, 11) is 2.09. The first-order valence-corrected chi connectivity index (χ1v) is 21.8. The highest BCUT2D eigenvalue weighted by atomic mass is 32.1. The van der Waals surface area contributed by atoms with Gasteiger partial charge in [0.25, 0.3) is 0 Å². The molecule has 0 spiro atoms. The predicted octanol–water partition coefficient (Wildman–Crippen LogP) is 16.3. The second kappa shape index (κ2) is 18.0. The molecule has 10 rings (SSSR count). The monoisotopic (exact) mass is 817 g/mol. The van der Waals surface area contributed by atoms with Crippen molar-refractivity contribution in [3.63, 3.8) is 0 Å². The van der Waals surface area contributed by atoms with Gasteiger partial charge in [-0.25, -0.2) is 4.98 Å². The Morgan fingerprint density at radius 2 is 1.26 bits per heavy atom. The molecule has 0 bridgehead atoms. The predicted molar refractivity (Wildman–Crippen MR) is 269 cm³/mol. The van der Waals surface area contributed by atoms with Gasteiger partial charge in [-0.15, -0.1) is 17.9 Å². The van der Waals surface area contributed by atoms with Crippen molar-refractivity contribution in [3.8, 4) is 33.4 Å². The lowest BCUT2D eigenvalue weighted by Crippen LogP contribution is -2.12. The van der Waals surface area contributed by atoms with Gasteiger partial charge in [0.15, 0.2) is 0 Å². The molecule has 0 saturated carbocycles. The maximum absolute atomic E-state index is 4.95. The Hall–Kier alpha value is -7.53. The van der Waals surface area contributed by atoms with Gasteiger partial charge >= 0.3 is 0 Å². The van der Waals surface area contributed by atoms with E-state index in [2.05, 4.69) is 224 Å². The van der Waals surface area contributed by atoms with Gasteiger partial charge in [-0.3, -0.25) is 0 Å². The average Bonchev–Trinajstić information content (AvgIpc) is 3.91. The van der Waals surface area contributed by atoms with E-state index < -0.39 is 0 Å². The molecule has 0 N–H and O–H groups in total. The number of allylic oxidation sites excluding steroid dienone is 6. The summed E-state index contributed by atoms with van der Waals surface area (Å²) in [5, 5.41) is 2.64. The molecule has 0 saturated heterocycles. The molecule has 0 amide bonds. The van der Waals surface area contributed by atoms with Gasteiger partial charge in [-0.05, 0) is 94.4 Å². The molecule has 0 atom stereocenters. The highest BCUT2D eigenvalue weighted by molar-refractivity contribution is 7.26. The van der Waals surface area contributed by atoms with Crippen LogP contribution in [0.1, 0.15) is 18.1 Å². The third-order valence-corrected chi connectivity index (χ3v) is 12.6. The molecule has 3 heterocycles. The zero-order valence-corrected chi connectivity index (χ0v) is 35.9. The number of para-hydroxylation sites is 3. The molecule has 7 aromatic carbocycles. The molecular weight excluding hydrogens is 771 g/mol. The highest BCUT2D eigenvalue weighted by Crippen LogP contribution is 2.42. The first-order chi connectivity index (χ1) is 30.5. The van der Waals surface area contributed by atoms with E-state index in [1.807, 2.05) is 30.5 Å². The largest absolute Gasteiger partial charge is 0.329 e. The molecule has 3 nitrogen and oxygen atoms in total. The molecule has 9 aromatic rings. The SMILES string of the molecule is C=C/C(=C\C=C1/Cc2ccccc2N1c1ccccc1)c1ccc(-c2ccccc2N(C)c2ccc(-c3ccc(-c4cccc5c4sc4ccccc45)cc3)cn2)cc1.C=CC. The second-order valence-electron chi connectivity index (χ2n) is 15.3. The van der Waals surface area contributed by atoms with E-state index in [9.17, 15) is 0 Å². The van der Waals surface area contributed by atoms with Gasteiger partial charge in [0.1, 0.15) is 5.82 Å². The minimum atomic E-state index is 0.881. The lowest BCUT2D eigenvalue weighted by Gasteiger charge is -2.22. The standard InChI is InChI=1S/C55H41N3S.C3H6/c1-3-38(32-34-46-36-43-14-7-10-21-51(43)58(46)45-15-5-4-6-16-45)39-24-28-41(29-25-39)47-17-8-11-22-52(47)57(2)54-35-33-44(37-56-54)40-26-30-42(31-27-40)48-19-13-20-50-49-18-9-12-23-53(49)59-55(48)50;1-3-2/h3-35,37H,1,36H2,2H3;3H,1H2,2H3/b38-32+,46-34+;. The Kier molecular flexibility index (Phi) is 11.6. The summed E-state index contributed by atoms with van der Waals surface area (Å²) in [6.07, 6.45) is 11.0. The zero-order valence-electron chi connectivity index (χ0n) is 35.1. The quantitative estimate of drug-likeness (QED) is 0.107. The molecule has 300 valence electrons. The van der Waals surface area contributed by atoms with Crippen LogP contribution in [0.3, 0.4) is 0 Å². The third kappa shape index (κ3) is 7.92. The number of anilines is 4. The number of fused-ring (bicyclic) bond motifs is 4. The second-order valence-corrected chi connectivity index (χ2v) is 16.3. The molecule has 0 fully saturated rings. The van der Waals surface area contributed by atoms with Crippen molar-refractivity contribution < 1.29 is 0 Å². The number of rotatable bonds is 9. The fourth-order valence-corrected chi connectivity index (χ4v) is 9.58. The molecule has 1 aliphatic heterocycles. The molecule has 1 aliphatic rings. The van der Waals surface area contributed by atoms with Crippen molar-refractivity contribution in [2.45, 2.75) is 13.3 Å². The Balaban J connectivity index is 0.00000159. The molecule has 62 heavy (non-hydrogen) atoms. The van der Waals surface area contributed by atoms with E-state index >= 15 is 0 Å². The van der Waals surface area contributed by atoms with E-state index in [1.165, 1.54) is 53.9 Å². The van der Waals surface area contributed by atoms with Crippen LogP contribution < -0.4 is 9.80 Å². The minimum absolute atomic E-state index is 0.881. The van der Waals surface area contributed by atoms with E-state index in [4.69, 9.17) is 4.98 Å². The Morgan fingerprint density at radius 3 is 2.03 bits per heavy atom. The van der Waals surface area contributed by atoms with Crippen LogP contribution in [-0.4, -0.2) is 12.0 Å². The summed E-state index contributed by atoms with van der Waals surface area (Å²) < 4.78 is 2.66. The lowest BCUT2D eigenvalue weighted by molar-refractivity contribution is 1.13. The number of hydrogen-bond donors (Lipinski definition) is 0. The molecule has 0 radical (unpaired) electrons. The van der Waals surface area contributed by atoms with Crippen molar-refractivity contribution in [3.05, 3.63) is 242 Å². The zero-order chi connectivity index (χ0) is 42.4. The fourth-order valence-electron chi connectivity index (χ4n) is 8.34. The van der Waals surface area contributed by atoms with Crippen LogP contribution in [0.5, 0.6) is 0 Å². The molecule has 2 aromatic heterocycles. The van der Waals surface area contributed by atoms with Gasteiger partial charge in [0.2, 0.25) is 0 Å². The average molecular weight is 818 g/mol. The van der Waals surface area contributed by atoms with Crippen LogP contribution in [0.4, 0.5) is 22.9 Å². The summed E-state index contributed by atoms with van der Waals surface area (Å²) in [4.78, 5) is 9.48. The number of thiophene rings is 1. The van der Waals surface area contributed by atoms with Gasteiger partial charge in [0.05, 0.1) is 0 Å². The van der Waals surface area contributed by atoms with Crippen LogP contribution in [0.15, 0.2) is 231 Å². The number of pyridine rings is 1. The van der Waals surface area contributed by atoms with Gasteiger partial charge in [0, 0.05) is 73.7 Å². The summed E-state index contributed by atoms with van der Waals surface area (Å²) in [6, 6.07) is 65.0. The number of benzene rings is 7. The highest BCUT2D eigenvalue weighted by Gasteiger charge is 2.24. The minimum Gasteiger partial charge on any atom is -0.329 e. The summed E-state index contributed by atoms with van der Waals surface area (Å²) in [5.74, 6) is 0.884. The van der Waals surface area contributed by atoms with Gasteiger partial charge in [-0.2, -0.15) is 0 Å². The van der Waals surface area contributed by atoms with E-state index in [0.29, 0.717) is 0 Å². The first kappa shape index (κ1) is 39.9. The Labute approximate surface area is 369 Å². The number of hydrogen-bond acceptors (Lipinski definition) is 4. The summed E-state index contributed by atoms with van der Waals surface area (Å²) in [6.45, 7) is 9.43. The number of nitrogens with zero attached hydrogens (tertiary/aromatic N) is 3. The van der Waals surface area contributed by atoms with Crippen LogP contribution >= 0.6 is 11.3 Å². The normalized spacial score (nSPS) is 12.8. The maximum atomic E-state index is 4.95. The van der Waals surface area contributed by atoms with Crippen molar-refractivity contribution in [2.24, 2.45) is 0 Å². The Morgan fingerprint density at radius 1 is 0.629 bits per heavy atom. The molecule has 4 heteroatoms. The molecule has 0 unspecified atom stereocenters. The number of aromatic nitrogens is 1. The van der Waals surface area contributed by atoms with E-state index in [-0.39, 0.29) is 0 Å². The van der Waals surface area contributed by atoms with E-state index in [0.717, 1.165) is 51.3 Å². The topological polar surface area (TPSA) is 19.4 Å². The first-order valence-electron chi connectivity index (χ1n) is 21.0. The van der Waals surface area contributed by atoms with Crippen molar-refractivity contribution in [2.75, 3.05) is 16.8 Å². The smallest absolute Gasteiger partial charge is 0.132 e. The Bertz CT molecular complexity index is 3080. The van der Waals surface area contributed by atoms with Gasteiger partial charge in [-0.1, -0.05) is 164 Å². The van der Waals surface area contributed by atoms with Gasteiger partial charge < -0.3 is 9.80 Å². The maximum Gasteiger partial charge on any atom is 0.132 e. The third-order valence-electron chi connectivity index (χ3n) is 11.4. The van der Waals surface area contributed by atoms with Crippen LogP contribution in [0, 0.1) is 0 Å². The molecule has 0 aliphatic carbocycles. The van der Waals surface area contributed by atoms with E-state index in [1.54, 1.807) is 6.08 Å². The fraction of sp³-hybridized carbons (Fsp3) is 0.0517. The summed E-state index contributed by atoms with van der Waals surface area (Å²) in [5.41, 5.74) is 15.3. The van der Waals surface area contributed by atoms with Crippen LogP contribution in [-0.2, 0) is 6.42 Å². The van der Waals surface area contributed by atoms with Crippen molar-refractivity contribution >= 4 is 60.0 Å². The molecular formula is C58H47N3S.